The van der Waals surface area contributed by atoms with Gasteiger partial charge in [-0.1, -0.05) is 0 Å². The second kappa shape index (κ2) is 8.14. The number of rotatable bonds is 7. The van der Waals surface area contributed by atoms with E-state index in [0.29, 0.717) is 12.4 Å². The topological polar surface area (TPSA) is 92.0 Å². The number of azo groups is 1. The van der Waals surface area contributed by atoms with Gasteiger partial charge in [0.1, 0.15) is 12.7 Å². The molecule has 22 heavy (non-hydrogen) atoms. The molecule has 0 saturated carbocycles. The maximum atomic E-state index is 9.94. The molecule has 0 aromatic carbocycles. The molecule has 1 aromatic rings. The standard InChI is InChI=1S/C15H27N5O2/c1-10(2)19-20-14-16-7-11(3)13(18-14)22-9-12(21)8-17-15(4,5)6/h7,10,12,17,21H,8-9H2,1-6H3. The smallest absolute Gasteiger partial charge is 0.271 e. The molecule has 0 aliphatic carbocycles. The zero-order chi connectivity index (χ0) is 16.8. The predicted octanol–water partition coefficient (Wildman–Crippen LogP) is 2.40. The highest BCUT2D eigenvalue weighted by Crippen LogP contribution is 2.17. The lowest BCUT2D eigenvalue weighted by Gasteiger charge is -2.22. The molecule has 7 heteroatoms. The molecule has 1 atom stereocenters. The number of ether oxygens (including phenoxy) is 1. The number of hydrogen-bond donors (Lipinski definition) is 2. The Morgan fingerprint density at radius 1 is 1.36 bits per heavy atom. The third kappa shape index (κ3) is 7.42. The van der Waals surface area contributed by atoms with Gasteiger partial charge < -0.3 is 15.2 Å². The van der Waals surface area contributed by atoms with Crippen molar-refractivity contribution in [1.82, 2.24) is 15.3 Å². The lowest BCUT2D eigenvalue weighted by Crippen LogP contribution is -2.42. The summed E-state index contributed by atoms with van der Waals surface area (Å²) in [4.78, 5) is 8.28. The van der Waals surface area contributed by atoms with Crippen molar-refractivity contribution in [2.75, 3.05) is 13.2 Å². The summed E-state index contributed by atoms with van der Waals surface area (Å²) >= 11 is 0. The molecule has 1 unspecified atom stereocenters. The van der Waals surface area contributed by atoms with Crippen molar-refractivity contribution < 1.29 is 9.84 Å². The van der Waals surface area contributed by atoms with Crippen LogP contribution in [0.3, 0.4) is 0 Å². The van der Waals surface area contributed by atoms with Crippen molar-refractivity contribution in [3.63, 3.8) is 0 Å². The summed E-state index contributed by atoms with van der Waals surface area (Å²) in [7, 11) is 0. The summed E-state index contributed by atoms with van der Waals surface area (Å²) in [6, 6.07) is 0.0829. The van der Waals surface area contributed by atoms with Crippen molar-refractivity contribution in [3.05, 3.63) is 11.8 Å². The van der Waals surface area contributed by atoms with E-state index >= 15 is 0 Å². The van der Waals surface area contributed by atoms with Gasteiger partial charge in [-0.05, 0) is 41.5 Å². The Morgan fingerprint density at radius 3 is 2.64 bits per heavy atom. The summed E-state index contributed by atoms with van der Waals surface area (Å²) in [5.41, 5.74) is 0.746. The van der Waals surface area contributed by atoms with Crippen molar-refractivity contribution >= 4 is 5.95 Å². The Labute approximate surface area is 132 Å². The Balaban J connectivity index is 2.59. The highest BCUT2D eigenvalue weighted by Gasteiger charge is 2.13. The van der Waals surface area contributed by atoms with Gasteiger partial charge in [-0.3, -0.25) is 0 Å². The van der Waals surface area contributed by atoms with Crippen LogP contribution in [0.25, 0.3) is 0 Å². The van der Waals surface area contributed by atoms with E-state index in [1.807, 2.05) is 41.5 Å². The number of hydrogen-bond acceptors (Lipinski definition) is 7. The number of aliphatic hydroxyl groups is 1. The van der Waals surface area contributed by atoms with E-state index in [-0.39, 0.29) is 24.1 Å². The van der Waals surface area contributed by atoms with Crippen LogP contribution in [-0.2, 0) is 0 Å². The average Bonchev–Trinajstić information content (AvgIpc) is 2.42. The van der Waals surface area contributed by atoms with Gasteiger partial charge in [0.25, 0.3) is 5.95 Å². The van der Waals surface area contributed by atoms with Gasteiger partial charge >= 0.3 is 0 Å². The fraction of sp³-hybridized carbons (Fsp3) is 0.733. The summed E-state index contributed by atoms with van der Waals surface area (Å²) in [5.74, 6) is 0.680. The van der Waals surface area contributed by atoms with E-state index in [9.17, 15) is 5.11 Å². The molecule has 2 N–H and O–H groups in total. The predicted molar refractivity (Wildman–Crippen MR) is 85.7 cm³/mol. The van der Waals surface area contributed by atoms with Crippen LogP contribution in [-0.4, -0.2) is 45.9 Å². The minimum atomic E-state index is -0.616. The molecule has 1 rings (SSSR count). The normalized spacial score (nSPS) is 13.8. The second-order valence-electron chi connectivity index (χ2n) is 6.56. The molecular formula is C15H27N5O2. The van der Waals surface area contributed by atoms with Gasteiger partial charge in [-0.25, -0.2) is 4.98 Å². The van der Waals surface area contributed by atoms with Gasteiger partial charge in [0.05, 0.1) is 6.04 Å². The van der Waals surface area contributed by atoms with Crippen LogP contribution in [0.5, 0.6) is 5.88 Å². The first kappa shape index (κ1) is 18.4. The number of aryl methyl sites for hydroxylation is 1. The molecule has 1 aromatic heterocycles. The summed E-state index contributed by atoms with van der Waals surface area (Å²) in [5, 5.41) is 21.1. The van der Waals surface area contributed by atoms with Gasteiger partial charge in [0.2, 0.25) is 5.88 Å². The third-order valence-electron chi connectivity index (χ3n) is 2.57. The average molecular weight is 309 g/mol. The van der Waals surface area contributed by atoms with Crippen molar-refractivity contribution in [1.29, 1.82) is 0 Å². The molecule has 0 fully saturated rings. The minimum Gasteiger partial charge on any atom is -0.475 e. The fourth-order valence-electron chi connectivity index (χ4n) is 1.44. The van der Waals surface area contributed by atoms with Gasteiger partial charge in [-0.15, -0.1) is 5.11 Å². The largest absolute Gasteiger partial charge is 0.475 e. The molecule has 0 amide bonds. The number of aromatic nitrogens is 2. The fourth-order valence-corrected chi connectivity index (χ4v) is 1.44. The highest BCUT2D eigenvalue weighted by atomic mass is 16.5. The SMILES string of the molecule is Cc1cnc(N=NC(C)C)nc1OCC(O)CNC(C)(C)C. The third-order valence-corrected chi connectivity index (χ3v) is 2.57. The Bertz CT molecular complexity index is 497. The molecule has 7 nitrogen and oxygen atoms in total. The van der Waals surface area contributed by atoms with E-state index in [4.69, 9.17) is 4.74 Å². The van der Waals surface area contributed by atoms with E-state index in [1.54, 1.807) is 6.20 Å². The maximum Gasteiger partial charge on any atom is 0.271 e. The van der Waals surface area contributed by atoms with Crippen LogP contribution in [0.4, 0.5) is 5.95 Å². The van der Waals surface area contributed by atoms with E-state index in [1.165, 1.54) is 0 Å². The van der Waals surface area contributed by atoms with Crippen LogP contribution >= 0.6 is 0 Å². The van der Waals surface area contributed by atoms with Crippen LogP contribution in [0.15, 0.2) is 16.4 Å². The first-order chi connectivity index (χ1) is 10.2. The lowest BCUT2D eigenvalue weighted by atomic mass is 10.1. The van der Waals surface area contributed by atoms with Crippen molar-refractivity contribution in [3.8, 4) is 5.88 Å². The number of nitrogens with zero attached hydrogens (tertiary/aromatic N) is 4. The zero-order valence-corrected chi connectivity index (χ0v) is 14.3. The number of aliphatic hydroxyl groups excluding tert-OH is 1. The van der Waals surface area contributed by atoms with E-state index < -0.39 is 6.10 Å². The summed E-state index contributed by atoms with van der Waals surface area (Å²) in [6.07, 6.45) is 1.02. The maximum absolute atomic E-state index is 9.94. The zero-order valence-electron chi connectivity index (χ0n) is 14.3. The summed E-state index contributed by atoms with van der Waals surface area (Å²) in [6.45, 7) is 12.4. The first-order valence-corrected chi connectivity index (χ1v) is 7.48. The first-order valence-electron chi connectivity index (χ1n) is 7.48. The molecule has 0 bridgehead atoms. The van der Waals surface area contributed by atoms with E-state index in [2.05, 4.69) is 25.5 Å². The molecule has 0 aliphatic heterocycles. The van der Waals surface area contributed by atoms with Crippen molar-refractivity contribution in [2.24, 2.45) is 10.2 Å². The quantitative estimate of drug-likeness (QED) is 0.755. The Kier molecular flexibility index (Phi) is 6.83. The van der Waals surface area contributed by atoms with Crippen LogP contribution in [0.1, 0.15) is 40.2 Å². The molecular weight excluding hydrogens is 282 g/mol. The Morgan fingerprint density at radius 2 is 2.05 bits per heavy atom. The van der Waals surface area contributed by atoms with E-state index in [0.717, 1.165) is 5.56 Å². The monoisotopic (exact) mass is 309 g/mol. The Hall–Kier alpha value is -1.60. The van der Waals surface area contributed by atoms with Crippen LogP contribution < -0.4 is 10.1 Å². The molecule has 0 aliphatic rings. The van der Waals surface area contributed by atoms with Crippen molar-refractivity contribution in [2.45, 2.75) is 59.2 Å². The van der Waals surface area contributed by atoms with Crippen LogP contribution in [0, 0.1) is 6.92 Å². The van der Waals surface area contributed by atoms with Crippen LogP contribution in [0.2, 0.25) is 0 Å². The van der Waals surface area contributed by atoms with Gasteiger partial charge in [-0.2, -0.15) is 10.1 Å². The van der Waals surface area contributed by atoms with Gasteiger partial charge in [0.15, 0.2) is 0 Å². The molecule has 0 saturated heterocycles. The lowest BCUT2D eigenvalue weighted by molar-refractivity contribution is 0.0973. The minimum absolute atomic E-state index is 0.0454. The number of nitrogens with one attached hydrogen (secondary N) is 1. The number of β-amino-alcohol motifs (C(OH)–C–C–N with tert-alkyl or cyclic N) is 1. The molecule has 124 valence electrons. The summed E-state index contributed by atoms with van der Waals surface area (Å²) < 4.78 is 5.57. The molecule has 1 heterocycles. The van der Waals surface area contributed by atoms with Gasteiger partial charge in [0, 0.05) is 23.8 Å². The highest BCUT2D eigenvalue weighted by molar-refractivity contribution is 5.28. The molecule has 0 spiro atoms. The second-order valence-corrected chi connectivity index (χ2v) is 6.56. The molecule has 0 radical (unpaired) electrons.